The molecule has 1 amide bonds. The van der Waals surface area contributed by atoms with Crippen molar-refractivity contribution in [2.75, 3.05) is 38.1 Å². The van der Waals surface area contributed by atoms with Crippen LogP contribution in [0.3, 0.4) is 0 Å². The predicted molar refractivity (Wildman–Crippen MR) is 129 cm³/mol. The normalized spacial score (nSPS) is 15.5. The van der Waals surface area contributed by atoms with Crippen molar-refractivity contribution >= 4 is 21.6 Å². The first kappa shape index (κ1) is 25.2. The Morgan fingerprint density at radius 1 is 1.12 bits per heavy atom. The second kappa shape index (κ2) is 11.1. The number of benzene rings is 2. The van der Waals surface area contributed by atoms with Crippen molar-refractivity contribution in [2.45, 2.75) is 43.9 Å². The highest BCUT2D eigenvalue weighted by Crippen LogP contribution is 2.25. The molecule has 0 aliphatic carbocycles. The smallest absolute Gasteiger partial charge is 0.243 e. The summed E-state index contributed by atoms with van der Waals surface area (Å²) in [5.41, 5.74) is 1.64. The minimum Gasteiger partial charge on any atom is -0.372 e. The predicted octanol–water partition coefficient (Wildman–Crippen LogP) is 3.99. The Hall–Kier alpha value is -2.45. The number of hydrogen-bond donors (Lipinski definition) is 1. The lowest BCUT2D eigenvalue weighted by atomic mass is 9.97. The number of piperidine rings is 1. The number of halogens is 1. The number of nitrogens with zero attached hydrogens (tertiary/aromatic N) is 2. The van der Waals surface area contributed by atoms with Gasteiger partial charge in [-0.05, 0) is 55.0 Å². The molecular weight excluding hydrogens is 441 g/mol. The van der Waals surface area contributed by atoms with Gasteiger partial charge >= 0.3 is 0 Å². The van der Waals surface area contributed by atoms with E-state index < -0.39 is 10.0 Å². The molecule has 6 nitrogen and oxygen atoms in total. The molecule has 8 heteroatoms. The van der Waals surface area contributed by atoms with Gasteiger partial charge in [0.25, 0.3) is 0 Å². The molecule has 0 unspecified atom stereocenters. The van der Waals surface area contributed by atoms with Gasteiger partial charge < -0.3 is 10.2 Å². The van der Waals surface area contributed by atoms with E-state index >= 15 is 0 Å². The van der Waals surface area contributed by atoms with Gasteiger partial charge in [-0.3, -0.25) is 4.79 Å². The first-order valence-corrected chi connectivity index (χ1v) is 13.0. The molecule has 33 heavy (non-hydrogen) atoms. The van der Waals surface area contributed by atoms with E-state index in [0.717, 1.165) is 5.56 Å². The van der Waals surface area contributed by atoms with Crippen molar-refractivity contribution in [3.8, 4) is 0 Å². The topological polar surface area (TPSA) is 69.7 Å². The van der Waals surface area contributed by atoms with E-state index in [9.17, 15) is 17.6 Å². The van der Waals surface area contributed by atoms with Crippen molar-refractivity contribution in [2.24, 2.45) is 5.92 Å². The number of para-hydroxylation sites is 1. The summed E-state index contributed by atoms with van der Waals surface area (Å²) in [5.74, 6) is -0.150. The number of nitrogens with one attached hydrogen (secondary N) is 1. The first-order valence-electron chi connectivity index (χ1n) is 11.5. The van der Waals surface area contributed by atoms with E-state index in [2.05, 4.69) is 19.2 Å². The standard InChI is InChI=1S/C25H34FN3O3S/c1-19(2)20-9-11-22(12-10-20)33(31,32)29-17-13-21(14-18-29)25(30)27-15-6-16-28(3)24-8-5-4-7-23(24)26/h4-5,7-12,19,21H,6,13-18H2,1-3H3,(H,27,30). The Bertz CT molecular complexity index is 1030. The molecule has 2 aromatic rings. The molecule has 1 aliphatic rings. The third kappa shape index (κ3) is 6.32. The maximum absolute atomic E-state index is 13.8. The van der Waals surface area contributed by atoms with Crippen molar-refractivity contribution < 1.29 is 17.6 Å². The molecule has 2 aromatic carbocycles. The quantitative estimate of drug-likeness (QED) is 0.557. The fourth-order valence-electron chi connectivity index (χ4n) is 4.09. The maximum Gasteiger partial charge on any atom is 0.243 e. The molecule has 0 bridgehead atoms. The molecule has 1 saturated heterocycles. The van der Waals surface area contributed by atoms with Crippen LogP contribution in [0, 0.1) is 11.7 Å². The molecule has 180 valence electrons. The lowest BCUT2D eigenvalue weighted by Gasteiger charge is -2.30. The zero-order valence-corrected chi connectivity index (χ0v) is 20.4. The third-order valence-electron chi connectivity index (χ3n) is 6.24. The zero-order chi connectivity index (χ0) is 24.0. The number of carbonyl (C=O) groups excluding carboxylic acids is 1. The highest BCUT2D eigenvalue weighted by molar-refractivity contribution is 7.89. The van der Waals surface area contributed by atoms with Gasteiger partial charge in [0.05, 0.1) is 10.6 Å². The highest BCUT2D eigenvalue weighted by Gasteiger charge is 2.32. The molecule has 3 rings (SSSR count). The Morgan fingerprint density at radius 2 is 1.76 bits per heavy atom. The summed E-state index contributed by atoms with van der Waals surface area (Å²) in [6.45, 7) is 5.93. The van der Waals surface area contributed by atoms with Crippen molar-refractivity contribution in [3.05, 3.63) is 59.9 Å². The minimum absolute atomic E-state index is 0.0399. The Balaban J connectivity index is 1.43. The van der Waals surface area contributed by atoms with E-state index in [4.69, 9.17) is 0 Å². The molecule has 1 heterocycles. The summed E-state index contributed by atoms with van der Waals surface area (Å²) < 4.78 is 41.2. The Labute approximate surface area is 196 Å². The fourth-order valence-corrected chi connectivity index (χ4v) is 5.56. The van der Waals surface area contributed by atoms with E-state index in [0.29, 0.717) is 61.9 Å². The van der Waals surface area contributed by atoms with Crippen LogP contribution in [0.25, 0.3) is 0 Å². The first-order chi connectivity index (χ1) is 15.7. The molecule has 1 fully saturated rings. The molecule has 0 saturated carbocycles. The van der Waals surface area contributed by atoms with Gasteiger partial charge in [-0.2, -0.15) is 4.31 Å². The monoisotopic (exact) mass is 475 g/mol. The van der Waals surface area contributed by atoms with Crippen LogP contribution in [0.5, 0.6) is 0 Å². The lowest BCUT2D eigenvalue weighted by Crippen LogP contribution is -2.43. The SMILES string of the molecule is CC(C)c1ccc(S(=O)(=O)N2CCC(C(=O)NCCCN(C)c3ccccc3F)CC2)cc1. The van der Waals surface area contributed by atoms with Crippen molar-refractivity contribution in [1.82, 2.24) is 9.62 Å². The van der Waals surface area contributed by atoms with Crippen molar-refractivity contribution in [1.29, 1.82) is 0 Å². The zero-order valence-electron chi connectivity index (χ0n) is 19.6. The number of hydrogen-bond acceptors (Lipinski definition) is 4. The number of anilines is 1. The Kier molecular flexibility index (Phi) is 8.48. The van der Waals surface area contributed by atoms with E-state index in [1.165, 1.54) is 10.4 Å². The number of sulfonamides is 1. The van der Waals surface area contributed by atoms with Gasteiger partial charge in [-0.15, -0.1) is 0 Å². The van der Waals surface area contributed by atoms with Crippen LogP contribution < -0.4 is 10.2 Å². The molecule has 0 spiro atoms. The summed E-state index contributed by atoms with van der Waals surface area (Å²) in [5, 5.41) is 2.95. The van der Waals surface area contributed by atoms with Crippen LogP contribution in [-0.2, 0) is 14.8 Å². The van der Waals surface area contributed by atoms with Gasteiger partial charge in [0, 0.05) is 39.1 Å². The van der Waals surface area contributed by atoms with Crippen LogP contribution in [0.2, 0.25) is 0 Å². The second-order valence-electron chi connectivity index (χ2n) is 8.92. The fraction of sp³-hybridized carbons (Fsp3) is 0.480. The molecule has 0 atom stereocenters. The van der Waals surface area contributed by atoms with Crippen LogP contribution in [-0.4, -0.2) is 51.9 Å². The largest absolute Gasteiger partial charge is 0.372 e. The van der Waals surface area contributed by atoms with Crippen molar-refractivity contribution in [3.63, 3.8) is 0 Å². The highest BCUT2D eigenvalue weighted by atomic mass is 32.2. The summed E-state index contributed by atoms with van der Waals surface area (Å²) in [6.07, 6.45) is 1.70. The van der Waals surface area contributed by atoms with Crippen LogP contribution >= 0.6 is 0 Å². The van der Waals surface area contributed by atoms with E-state index in [-0.39, 0.29) is 17.6 Å². The molecular formula is C25H34FN3O3S. The summed E-state index contributed by atoms with van der Waals surface area (Å²) >= 11 is 0. The Morgan fingerprint density at radius 3 is 2.36 bits per heavy atom. The summed E-state index contributed by atoms with van der Waals surface area (Å²) in [4.78, 5) is 14.7. The average Bonchev–Trinajstić information content (AvgIpc) is 2.82. The van der Waals surface area contributed by atoms with Gasteiger partial charge in [-0.1, -0.05) is 38.1 Å². The van der Waals surface area contributed by atoms with Crippen LogP contribution in [0.15, 0.2) is 53.4 Å². The summed E-state index contributed by atoms with van der Waals surface area (Å²) in [6, 6.07) is 13.7. The van der Waals surface area contributed by atoms with E-state index in [1.54, 1.807) is 30.3 Å². The molecule has 1 N–H and O–H groups in total. The second-order valence-corrected chi connectivity index (χ2v) is 10.9. The van der Waals surface area contributed by atoms with Gasteiger partial charge in [0.2, 0.25) is 15.9 Å². The van der Waals surface area contributed by atoms with Gasteiger partial charge in [-0.25, -0.2) is 12.8 Å². The summed E-state index contributed by atoms with van der Waals surface area (Å²) in [7, 11) is -1.72. The molecule has 1 aliphatic heterocycles. The average molecular weight is 476 g/mol. The molecule has 0 aromatic heterocycles. The van der Waals surface area contributed by atoms with Crippen LogP contribution in [0.1, 0.15) is 44.6 Å². The third-order valence-corrected chi connectivity index (χ3v) is 8.16. The number of carbonyl (C=O) groups is 1. The minimum atomic E-state index is -3.55. The molecule has 0 radical (unpaired) electrons. The van der Waals surface area contributed by atoms with Crippen LogP contribution in [0.4, 0.5) is 10.1 Å². The lowest BCUT2D eigenvalue weighted by molar-refractivity contribution is -0.126. The van der Waals surface area contributed by atoms with E-state index in [1.807, 2.05) is 24.1 Å². The number of rotatable bonds is 9. The van der Waals surface area contributed by atoms with Gasteiger partial charge in [0.15, 0.2) is 0 Å². The maximum atomic E-state index is 13.8. The van der Waals surface area contributed by atoms with Gasteiger partial charge in [0.1, 0.15) is 5.82 Å². The number of amides is 1.